The van der Waals surface area contributed by atoms with Crippen molar-refractivity contribution in [3.05, 3.63) is 89.5 Å². The second-order valence-electron chi connectivity index (χ2n) is 6.61. The largest absolute Gasteiger partial charge is 0.478 e. The van der Waals surface area contributed by atoms with E-state index in [0.717, 1.165) is 28.0 Å². The van der Waals surface area contributed by atoms with Gasteiger partial charge in [0.2, 0.25) is 0 Å². The standard InChI is InChI=1S/C22H18N4O3/c1-14(25-29)15-8-9-21-19(11-15)24-13-26(21)20-7-4-6-17(22(27)28)18(20)12-16-5-2-3-10-23-16/h2-11,13,29H,12H2,1H3,(H,27,28). The lowest BCUT2D eigenvalue weighted by atomic mass is 9.99. The summed E-state index contributed by atoms with van der Waals surface area (Å²) >= 11 is 0. The highest BCUT2D eigenvalue weighted by molar-refractivity contribution is 6.01. The number of carbonyl (C=O) groups is 1. The van der Waals surface area contributed by atoms with E-state index in [-0.39, 0.29) is 5.56 Å². The van der Waals surface area contributed by atoms with Gasteiger partial charge in [0, 0.05) is 23.9 Å². The second kappa shape index (κ2) is 7.55. The van der Waals surface area contributed by atoms with E-state index in [1.807, 2.05) is 47.0 Å². The fourth-order valence-corrected chi connectivity index (χ4v) is 3.36. The highest BCUT2D eigenvalue weighted by Gasteiger charge is 2.18. The third-order valence-electron chi connectivity index (χ3n) is 4.84. The van der Waals surface area contributed by atoms with Gasteiger partial charge in [-0.2, -0.15) is 0 Å². The summed E-state index contributed by atoms with van der Waals surface area (Å²) < 4.78 is 1.87. The SMILES string of the molecule is CC(=NO)c1ccc2c(c1)ncn2-c1cccc(C(=O)O)c1Cc1ccccn1. The maximum Gasteiger partial charge on any atom is 0.336 e. The van der Waals surface area contributed by atoms with Gasteiger partial charge >= 0.3 is 5.97 Å². The van der Waals surface area contributed by atoms with Crippen LogP contribution in [0, 0.1) is 0 Å². The van der Waals surface area contributed by atoms with Crippen LogP contribution in [0.15, 0.2) is 72.3 Å². The van der Waals surface area contributed by atoms with Crippen LogP contribution in [-0.4, -0.2) is 36.5 Å². The first-order valence-corrected chi connectivity index (χ1v) is 9.00. The van der Waals surface area contributed by atoms with Crippen LogP contribution in [0.5, 0.6) is 0 Å². The summed E-state index contributed by atoms with van der Waals surface area (Å²) in [6.07, 6.45) is 3.74. The summed E-state index contributed by atoms with van der Waals surface area (Å²) in [5.74, 6) is -0.987. The molecule has 7 nitrogen and oxygen atoms in total. The predicted molar refractivity (Wildman–Crippen MR) is 109 cm³/mol. The van der Waals surface area contributed by atoms with Gasteiger partial charge in [-0.25, -0.2) is 9.78 Å². The Kier molecular flexibility index (Phi) is 4.78. The number of aromatic carboxylic acids is 1. The van der Waals surface area contributed by atoms with Gasteiger partial charge in [0.1, 0.15) is 6.33 Å². The molecule has 144 valence electrons. The lowest BCUT2D eigenvalue weighted by Crippen LogP contribution is -2.09. The van der Waals surface area contributed by atoms with Crippen molar-refractivity contribution in [2.24, 2.45) is 5.16 Å². The number of pyridine rings is 1. The second-order valence-corrected chi connectivity index (χ2v) is 6.61. The number of rotatable bonds is 5. The van der Waals surface area contributed by atoms with Crippen molar-refractivity contribution in [2.75, 3.05) is 0 Å². The van der Waals surface area contributed by atoms with Crippen LogP contribution >= 0.6 is 0 Å². The summed E-state index contributed by atoms with van der Waals surface area (Å²) in [6, 6.07) is 16.3. The number of hydrogen-bond donors (Lipinski definition) is 2. The first kappa shape index (κ1) is 18.4. The van der Waals surface area contributed by atoms with Gasteiger partial charge in [0.15, 0.2) is 0 Å². The topological polar surface area (TPSA) is 101 Å². The molecule has 2 aromatic carbocycles. The minimum atomic E-state index is -0.987. The average molecular weight is 386 g/mol. The van der Waals surface area contributed by atoms with Gasteiger partial charge in [-0.3, -0.25) is 9.55 Å². The van der Waals surface area contributed by atoms with Crippen LogP contribution in [0.3, 0.4) is 0 Å². The molecule has 0 aliphatic carbocycles. The molecule has 2 heterocycles. The summed E-state index contributed by atoms with van der Waals surface area (Å²) in [4.78, 5) is 20.7. The van der Waals surface area contributed by atoms with Gasteiger partial charge < -0.3 is 10.3 Å². The maximum absolute atomic E-state index is 11.9. The minimum absolute atomic E-state index is 0.231. The Hall–Kier alpha value is -4.00. The summed E-state index contributed by atoms with van der Waals surface area (Å²) in [7, 11) is 0. The zero-order chi connectivity index (χ0) is 20.4. The van der Waals surface area contributed by atoms with E-state index in [4.69, 9.17) is 5.21 Å². The van der Waals surface area contributed by atoms with Crippen molar-refractivity contribution in [3.63, 3.8) is 0 Å². The van der Waals surface area contributed by atoms with Crippen molar-refractivity contribution in [1.82, 2.24) is 14.5 Å². The number of fused-ring (bicyclic) bond motifs is 1. The molecule has 0 atom stereocenters. The molecule has 4 aromatic rings. The molecule has 0 bridgehead atoms. The van der Waals surface area contributed by atoms with E-state index in [2.05, 4.69) is 15.1 Å². The van der Waals surface area contributed by atoms with Gasteiger partial charge in [-0.1, -0.05) is 23.4 Å². The van der Waals surface area contributed by atoms with Gasteiger partial charge in [0.05, 0.1) is 28.0 Å². The number of benzene rings is 2. The Morgan fingerprint density at radius 2 is 1.97 bits per heavy atom. The molecule has 0 amide bonds. The monoisotopic (exact) mass is 386 g/mol. The molecule has 7 heteroatoms. The first-order chi connectivity index (χ1) is 14.1. The third kappa shape index (κ3) is 3.45. The van der Waals surface area contributed by atoms with E-state index in [1.165, 1.54) is 0 Å². The summed E-state index contributed by atoms with van der Waals surface area (Å²) in [5, 5.41) is 22.0. The van der Waals surface area contributed by atoms with Crippen LogP contribution in [-0.2, 0) is 6.42 Å². The van der Waals surface area contributed by atoms with Gasteiger partial charge in [-0.15, -0.1) is 0 Å². The zero-order valence-electron chi connectivity index (χ0n) is 15.6. The fraction of sp³-hybridized carbons (Fsp3) is 0.0909. The molecule has 0 spiro atoms. The minimum Gasteiger partial charge on any atom is -0.478 e. The number of oxime groups is 1. The molecular weight excluding hydrogens is 368 g/mol. The molecule has 0 unspecified atom stereocenters. The smallest absolute Gasteiger partial charge is 0.336 e. The highest BCUT2D eigenvalue weighted by Crippen LogP contribution is 2.26. The zero-order valence-corrected chi connectivity index (χ0v) is 15.6. The van der Waals surface area contributed by atoms with E-state index in [0.29, 0.717) is 17.7 Å². The Morgan fingerprint density at radius 1 is 1.10 bits per heavy atom. The molecule has 0 aliphatic rings. The number of carboxylic acid groups (broad SMARTS) is 1. The van der Waals surface area contributed by atoms with Crippen molar-refractivity contribution in [1.29, 1.82) is 0 Å². The number of nitrogens with zero attached hydrogens (tertiary/aromatic N) is 4. The lowest BCUT2D eigenvalue weighted by molar-refractivity contribution is 0.0696. The molecule has 0 fully saturated rings. The highest BCUT2D eigenvalue weighted by atomic mass is 16.4. The Balaban J connectivity index is 1.89. The fourth-order valence-electron chi connectivity index (χ4n) is 3.36. The van der Waals surface area contributed by atoms with E-state index in [1.54, 1.807) is 31.6 Å². The van der Waals surface area contributed by atoms with Crippen LogP contribution in [0.1, 0.15) is 34.1 Å². The Labute approximate surface area is 166 Å². The summed E-state index contributed by atoms with van der Waals surface area (Å²) in [5.41, 5.74) is 5.20. The molecule has 0 saturated carbocycles. The van der Waals surface area contributed by atoms with Crippen LogP contribution in [0.2, 0.25) is 0 Å². The molecule has 0 radical (unpaired) electrons. The van der Waals surface area contributed by atoms with Crippen LogP contribution in [0.25, 0.3) is 16.7 Å². The normalized spacial score (nSPS) is 11.7. The van der Waals surface area contributed by atoms with Crippen molar-refractivity contribution >= 4 is 22.7 Å². The van der Waals surface area contributed by atoms with Crippen molar-refractivity contribution in [2.45, 2.75) is 13.3 Å². The van der Waals surface area contributed by atoms with Gasteiger partial charge in [-0.05, 0) is 48.9 Å². The number of carboxylic acids is 1. The Bertz CT molecular complexity index is 1230. The molecule has 2 aromatic heterocycles. The van der Waals surface area contributed by atoms with Crippen LogP contribution < -0.4 is 0 Å². The molecule has 2 N–H and O–H groups in total. The van der Waals surface area contributed by atoms with Gasteiger partial charge in [0.25, 0.3) is 0 Å². The number of aromatic nitrogens is 3. The predicted octanol–water partition coefficient (Wildman–Crippen LogP) is 3.91. The van der Waals surface area contributed by atoms with E-state index >= 15 is 0 Å². The maximum atomic E-state index is 11.9. The third-order valence-corrected chi connectivity index (χ3v) is 4.84. The van der Waals surface area contributed by atoms with E-state index in [9.17, 15) is 9.90 Å². The van der Waals surface area contributed by atoms with E-state index < -0.39 is 5.97 Å². The molecular formula is C22H18N4O3. The quantitative estimate of drug-likeness (QED) is 0.308. The number of imidazole rings is 1. The molecule has 0 saturated heterocycles. The summed E-state index contributed by atoms with van der Waals surface area (Å²) in [6.45, 7) is 1.71. The average Bonchev–Trinajstić information content (AvgIpc) is 3.17. The lowest BCUT2D eigenvalue weighted by Gasteiger charge is -2.14. The van der Waals surface area contributed by atoms with Crippen LogP contribution in [0.4, 0.5) is 0 Å². The first-order valence-electron chi connectivity index (χ1n) is 9.00. The number of hydrogen-bond acceptors (Lipinski definition) is 5. The van der Waals surface area contributed by atoms with Crippen molar-refractivity contribution in [3.8, 4) is 5.69 Å². The molecule has 4 rings (SSSR count). The van der Waals surface area contributed by atoms with Crippen molar-refractivity contribution < 1.29 is 15.1 Å². The Morgan fingerprint density at radius 3 is 2.69 bits per heavy atom. The molecule has 29 heavy (non-hydrogen) atoms. The molecule has 0 aliphatic heterocycles.